The molecule has 0 spiro atoms. The van der Waals surface area contributed by atoms with E-state index in [1.807, 2.05) is 6.07 Å². The average molecular weight is 651 g/mol. The van der Waals surface area contributed by atoms with Crippen LogP contribution in [0.25, 0.3) is 81.7 Å². The molecule has 0 amide bonds. The van der Waals surface area contributed by atoms with Gasteiger partial charge in [0, 0.05) is 27.2 Å². The highest BCUT2D eigenvalue weighted by molar-refractivity contribution is 6.26. The van der Waals surface area contributed by atoms with Crippen LogP contribution in [0.5, 0.6) is 0 Å². The van der Waals surface area contributed by atoms with Crippen molar-refractivity contribution in [3.63, 3.8) is 0 Å². The van der Waals surface area contributed by atoms with E-state index in [0.717, 1.165) is 50.2 Å². The maximum Gasteiger partial charge on any atom is 0.137 e. The van der Waals surface area contributed by atoms with Crippen LogP contribution in [0.1, 0.15) is 0 Å². The molecule has 0 aliphatic rings. The van der Waals surface area contributed by atoms with Gasteiger partial charge in [0.25, 0.3) is 0 Å². The van der Waals surface area contributed by atoms with Gasteiger partial charge in [-0.1, -0.05) is 127 Å². The van der Waals surface area contributed by atoms with Gasteiger partial charge >= 0.3 is 0 Å². The summed E-state index contributed by atoms with van der Waals surface area (Å²) in [6.07, 6.45) is 0. The Hall–Kier alpha value is -6.84. The lowest BCUT2D eigenvalue weighted by Crippen LogP contribution is -2.11. The summed E-state index contributed by atoms with van der Waals surface area (Å²) in [4.78, 5) is 2.49. The van der Waals surface area contributed by atoms with E-state index in [1.165, 1.54) is 48.6 Å². The number of aromatic nitrogens is 1. The molecule has 0 unspecified atom stereocenters. The molecule has 11 aromatic rings. The first-order valence-electron chi connectivity index (χ1n) is 17.4. The zero-order valence-corrected chi connectivity index (χ0v) is 27.6. The zero-order chi connectivity index (χ0) is 33.5. The fourth-order valence-electron chi connectivity index (χ4n) is 8.42. The Balaban J connectivity index is 1.33. The van der Waals surface area contributed by atoms with Crippen LogP contribution in [0.2, 0.25) is 0 Å². The van der Waals surface area contributed by atoms with E-state index in [0.29, 0.717) is 0 Å². The number of anilines is 3. The Morgan fingerprint density at radius 3 is 1.82 bits per heavy atom. The van der Waals surface area contributed by atoms with Crippen LogP contribution >= 0.6 is 0 Å². The van der Waals surface area contributed by atoms with Crippen molar-refractivity contribution in [2.45, 2.75) is 0 Å². The highest BCUT2D eigenvalue weighted by Gasteiger charge is 2.25. The lowest BCUT2D eigenvalue weighted by Gasteiger charge is -2.29. The van der Waals surface area contributed by atoms with Gasteiger partial charge in [0.05, 0.1) is 33.5 Å². The number of hydrogen-bond donors (Lipinski definition) is 0. The molecule has 0 saturated heterocycles. The third-order valence-electron chi connectivity index (χ3n) is 10.5. The topological polar surface area (TPSA) is 21.3 Å². The number of hydrogen-bond acceptors (Lipinski definition) is 2. The fraction of sp³-hybridized carbons (Fsp3) is 0. The zero-order valence-electron chi connectivity index (χ0n) is 27.6. The van der Waals surface area contributed by atoms with E-state index in [9.17, 15) is 0 Å². The van der Waals surface area contributed by atoms with Crippen molar-refractivity contribution in [2.24, 2.45) is 0 Å². The van der Waals surface area contributed by atoms with Gasteiger partial charge in [-0.05, 0) is 81.5 Å². The lowest BCUT2D eigenvalue weighted by atomic mass is 9.94. The van der Waals surface area contributed by atoms with Crippen LogP contribution < -0.4 is 4.90 Å². The first-order valence-corrected chi connectivity index (χ1v) is 17.4. The molecule has 2 heterocycles. The third-order valence-corrected chi connectivity index (χ3v) is 10.5. The Morgan fingerprint density at radius 1 is 0.353 bits per heavy atom. The highest BCUT2D eigenvalue weighted by atomic mass is 16.3. The Morgan fingerprint density at radius 2 is 0.961 bits per heavy atom. The van der Waals surface area contributed by atoms with E-state index in [2.05, 4.69) is 185 Å². The molecule has 51 heavy (non-hydrogen) atoms. The summed E-state index contributed by atoms with van der Waals surface area (Å²) >= 11 is 0. The summed E-state index contributed by atoms with van der Waals surface area (Å²) in [5, 5.41) is 12.0. The van der Waals surface area contributed by atoms with Crippen LogP contribution in [-0.2, 0) is 0 Å². The minimum atomic E-state index is 0.869. The SMILES string of the molecule is c1ccc(-n2c3ccccc3c3c(N(c4cc5ccc6ccccc6c5c5ccccc45)c4cccc5oc6ccccc6c45)cccc32)cc1. The molecule has 0 radical (unpaired) electrons. The van der Waals surface area contributed by atoms with E-state index in [4.69, 9.17) is 4.42 Å². The molecule has 0 atom stereocenters. The molecule has 0 fully saturated rings. The van der Waals surface area contributed by atoms with Crippen LogP contribution in [0.15, 0.2) is 186 Å². The van der Waals surface area contributed by atoms with Crippen molar-refractivity contribution < 1.29 is 4.42 Å². The van der Waals surface area contributed by atoms with Gasteiger partial charge in [-0.2, -0.15) is 0 Å². The first kappa shape index (κ1) is 28.0. The molecule has 2 aromatic heterocycles. The minimum absolute atomic E-state index is 0.869. The number of para-hydroxylation sites is 3. The van der Waals surface area contributed by atoms with E-state index >= 15 is 0 Å². The van der Waals surface area contributed by atoms with Gasteiger partial charge in [0.15, 0.2) is 0 Å². The predicted octanol–water partition coefficient (Wildman–Crippen LogP) is 13.6. The molecule has 0 aliphatic heterocycles. The summed E-state index contributed by atoms with van der Waals surface area (Å²) in [5.74, 6) is 0. The molecule has 238 valence electrons. The first-order chi connectivity index (χ1) is 25.3. The van der Waals surface area contributed by atoms with E-state index < -0.39 is 0 Å². The molecule has 0 bridgehead atoms. The maximum absolute atomic E-state index is 6.51. The van der Waals surface area contributed by atoms with Crippen molar-refractivity contribution in [3.05, 3.63) is 182 Å². The Bertz CT molecular complexity index is 3150. The van der Waals surface area contributed by atoms with Crippen LogP contribution in [0.3, 0.4) is 0 Å². The second-order valence-electron chi connectivity index (χ2n) is 13.3. The summed E-state index contributed by atoms with van der Waals surface area (Å²) in [5.41, 5.74) is 8.53. The van der Waals surface area contributed by atoms with Crippen molar-refractivity contribution in [1.29, 1.82) is 0 Å². The molecule has 3 heteroatoms. The predicted molar refractivity (Wildman–Crippen MR) is 215 cm³/mol. The highest BCUT2D eigenvalue weighted by Crippen LogP contribution is 2.50. The van der Waals surface area contributed by atoms with Crippen molar-refractivity contribution in [1.82, 2.24) is 4.57 Å². The van der Waals surface area contributed by atoms with E-state index in [-0.39, 0.29) is 0 Å². The normalized spacial score (nSPS) is 11.9. The second kappa shape index (κ2) is 10.8. The third kappa shape index (κ3) is 4.06. The van der Waals surface area contributed by atoms with Gasteiger partial charge in [-0.15, -0.1) is 0 Å². The second-order valence-corrected chi connectivity index (χ2v) is 13.3. The molecule has 3 nitrogen and oxygen atoms in total. The number of nitrogens with zero attached hydrogens (tertiary/aromatic N) is 2. The van der Waals surface area contributed by atoms with Crippen molar-refractivity contribution >= 4 is 93.1 Å². The number of rotatable bonds is 4. The van der Waals surface area contributed by atoms with E-state index in [1.54, 1.807) is 0 Å². The van der Waals surface area contributed by atoms with Gasteiger partial charge in [0.1, 0.15) is 11.2 Å². The minimum Gasteiger partial charge on any atom is -0.456 e. The monoisotopic (exact) mass is 650 g/mol. The largest absolute Gasteiger partial charge is 0.456 e. The number of benzene rings is 9. The standard InChI is InChI=1S/C48H30N2O/c1-2-15-33(16-3-1)49-39-22-10-8-20-37(39)47-40(49)23-12-24-41(47)50(42-25-13-27-45-48(42)38-21-9-11-26-44(38)51-45)43-30-32-29-28-31-14-4-5-17-34(31)46(32)36-19-7-6-18-35(36)43/h1-30H. The molecule has 0 aliphatic carbocycles. The Labute approximate surface area is 293 Å². The van der Waals surface area contributed by atoms with Crippen LogP contribution in [0.4, 0.5) is 17.1 Å². The average Bonchev–Trinajstić information content (AvgIpc) is 3.75. The van der Waals surface area contributed by atoms with Crippen LogP contribution in [0, 0.1) is 0 Å². The molecule has 0 saturated carbocycles. The fourth-order valence-corrected chi connectivity index (χ4v) is 8.42. The molecule has 11 rings (SSSR count). The summed E-state index contributed by atoms with van der Waals surface area (Å²) in [6.45, 7) is 0. The van der Waals surface area contributed by atoms with Gasteiger partial charge < -0.3 is 13.9 Å². The summed E-state index contributed by atoms with van der Waals surface area (Å²) in [7, 11) is 0. The Kier molecular flexibility index (Phi) is 5.96. The van der Waals surface area contributed by atoms with Gasteiger partial charge in [0.2, 0.25) is 0 Å². The summed E-state index contributed by atoms with van der Waals surface area (Å²) in [6, 6.07) is 65.6. The number of furan rings is 1. The molecule has 0 N–H and O–H groups in total. The van der Waals surface area contributed by atoms with Crippen molar-refractivity contribution in [2.75, 3.05) is 4.90 Å². The molecule has 9 aromatic carbocycles. The quantitative estimate of drug-likeness (QED) is 0.177. The smallest absolute Gasteiger partial charge is 0.137 e. The van der Waals surface area contributed by atoms with Gasteiger partial charge in [-0.25, -0.2) is 0 Å². The molecular formula is C48H30N2O. The van der Waals surface area contributed by atoms with Crippen LogP contribution in [-0.4, -0.2) is 4.57 Å². The lowest BCUT2D eigenvalue weighted by molar-refractivity contribution is 0.669. The summed E-state index contributed by atoms with van der Waals surface area (Å²) < 4.78 is 8.90. The maximum atomic E-state index is 6.51. The van der Waals surface area contributed by atoms with Gasteiger partial charge in [-0.3, -0.25) is 0 Å². The molecular weight excluding hydrogens is 621 g/mol. The number of fused-ring (bicyclic) bond motifs is 11. The van der Waals surface area contributed by atoms with Crippen molar-refractivity contribution in [3.8, 4) is 5.69 Å².